The molecule has 0 saturated carbocycles. The van der Waals surface area contributed by atoms with E-state index in [1.54, 1.807) is 6.92 Å². The molecular weight excluding hydrogens is 246 g/mol. The van der Waals surface area contributed by atoms with Gasteiger partial charge in [0.25, 0.3) is 0 Å². The first-order chi connectivity index (χ1) is 9.09. The summed E-state index contributed by atoms with van der Waals surface area (Å²) in [5, 5.41) is 2.48. The van der Waals surface area contributed by atoms with E-state index in [1.807, 2.05) is 27.7 Å². The van der Waals surface area contributed by atoms with Crippen LogP contribution in [0.3, 0.4) is 0 Å². The number of alkyl carbamates (subject to hydrolysis) is 1. The van der Waals surface area contributed by atoms with Gasteiger partial charge < -0.3 is 14.8 Å². The van der Waals surface area contributed by atoms with E-state index >= 15 is 0 Å². The number of rotatable bonds is 3. The van der Waals surface area contributed by atoms with Gasteiger partial charge >= 0.3 is 6.09 Å². The van der Waals surface area contributed by atoms with Gasteiger partial charge in [-0.15, -0.1) is 0 Å². The Morgan fingerprint density at radius 3 is 2.05 bits per heavy atom. The predicted octanol–water partition coefficient (Wildman–Crippen LogP) is 2.92. The SMILES string of the molecule is CC.CC.CC(=O)C(C)NC(=O)OC1CCOCC1. The lowest BCUT2D eigenvalue weighted by molar-refractivity contribution is -0.118. The Morgan fingerprint density at radius 1 is 1.16 bits per heavy atom. The quantitative estimate of drug-likeness (QED) is 0.860. The van der Waals surface area contributed by atoms with Gasteiger partial charge in [0.2, 0.25) is 0 Å². The van der Waals surface area contributed by atoms with Gasteiger partial charge in [0, 0.05) is 12.8 Å². The second kappa shape index (κ2) is 13.3. The van der Waals surface area contributed by atoms with Crippen LogP contribution in [0.25, 0.3) is 0 Å². The van der Waals surface area contributed by atoms with Crippen LogP contribution in [0.15, 0.2) is 0 Å². The van der Waals surface area contributed by atoms with Crippen molar-refractivity contribution in [2.75, 3.05) is 13.2 Å². The summed E-state index contributed by atoms with van der Waals surface area (Å²) >= 11 is 0. The number of carbonyl (C=O) groups excluding carboxylic acids is 2. The molecule has 114 valence electrons. The third kappa shape index (κ3) is 10.5. The van der Waals surface area contributed by atoms with E-state index in [9.17, 15) is 9.59 Å². The van der Waals surface area contributed by atoms with Crippen molar-refractivity contribution >= 4 is 11.9 Å². The summed E-state index contributed by atoms with van der Waals surface area (Å²) in [6.45, 7) is 12.3. The number of amides is 1. The third-order valence-corrected chi connectivity index (χ3v) is 2.39. The molecule has 1 unspecified atom stereocenters. The minimum atomic E-state index is -0.524. The lowest BCUT2D eigenvalue weighted by Gasteiger charge is -2.23. The Bertz CT molecular complexity index is 238. The minimum absolute atomic E-state index is 0.0843. The average Bonchev–Trinajstić information content (AvgIpc) is 2.44. The fraction of sp³-hybridized carbons (Fsp3) is 0.857. The van der Waals surface area contributed by atoms with Crippen molar-refractivity contribution in [3.8, 4) is 0 Å². The molecule has 0 spiro atoms. The molecule has 1 saturated heterocycles. The number of ketones is 1. The van der Waals surface area contributed by atoms with Gasteiger partial charge in [0.15, 0.2) is 5.78 Å². The molecule has 0 bridgehead atoms. The Kier molecular flexibility index (Phi) is 14.2. The minimum Gasteiger partial charge on any atom is -0.446 e. The summed E-state index contributed by atoms with van der Waals surface area (Å²) in [6.07, 6.45) is 0.839. The fourth-order valence-corrected chi connectivity index (χ4v) is 1.26. The molecule has 1 rings (SSSR count). The van der Waals surface area contributed by atoms with E-state index in [0.29, 0.717) is 13.2 Å². The summed E-state index contributed by atoms with van der Waals surface area (Å²) in [5.41, 5.74) is 0. The molecule has 0 aliphatic carbocycles. The molecule has 0 aromatic carbocycles. The number of carbonyl (C=O) groups is 2. The van der Waals surface area contributed by atoms with Gasteiger partial charge in [-0.1, -0.05) is 27.7 Å². The van der Waals surface area contributed by atoms with Crippen molar-refractivity contribution in [2.45, 2.75) is 66.5 Å². The molecule has 1 fully saturated rings. The predicted molar refractivity (Wildman–Crippen MR) is 76.3 cm³/mol. The topological polar surface area (TPSA) is 64.6 Å². The second-order valence-electron chi connectivity index (χ2n) is 3.69. The fourth-order valence-electron chi connectivity index (χ4n) is 1.26. The smallest absolute Gasteiger partial charge is 0.407 e. The highest BCUT2D eigenvalue weighted by Crippen LogP contribution is 2.10. The van der Waals surface area contributed by atoms with Gasteiger partial charge in [-0.3, -0.25) is 4.79 Å². The van der Waals surface area contributed by atoms with Crippen LogP contribution in [0.4, 0.5) is 4.79 Å². The lowest BCUT2D eigenvalue weighted by Crippen LogP contribution is -2.40. The van der Waals surface area contributed by atoms with E-state index in [4.69, 9.17) is 9.47 Å². The van der Waals surface area contributed by atoms with Crippen LogP contribution >= 0.6 is 0 Å². The van der Waals surface area contributed by atoms with Crippen molar-refractivity contribution in [1.29, 1.82) is 0 Å². The summed E-state index contributed by atoms with van der Waals surface area (Å²) < 4.78 is 10.3. The van der Waals surface area contributed by atoms with Crippen molar-refractivity contribution in [3.63, 3.8) is 0 Å². The molecule has 1 aliphatic rings. The first-order valence-corrected chi connectivity index (χ1v) is 7.15. The summed E-state index contributed by atoms with van der Waals surface area (Å²) in [4.78, 5) is 22.2. The summed E-state index contributed by atoms with van der Waals surface area (Å²) in [7, 11) is 0. The first kappa shape index (κ1) is 20.2. The lowest BCUT2D eigenvalue weighted by atomic mass is 10.2. The van der Waals surface area contributed by atoms with Gasteiger partial charge in [-0.05, 0) is 13.8 Å². The van der Waals surface area contributed by atoms with Crippen LogP contribution in [0.2, 0.25) is 0 Å². The zero-order valence-corrected chi connectivity index (χ0v) is 13.1. The van der Waals surface area contributed by atoms with Crippen LogP contribution < -0.4 is 5.32 Å². The molecule has 5 nitrogen and oxygen atoms in total. The Morgan fingerprint density at radius 2 is 1.63 bits per heavy atom. The normalized spacial score (nSPS) is 15.9. The van der Waals surface area contributed by atoms with Crippen LogP contribution in [-0.4, -0.2) is 37.2 Å². The number of ether oxygens (including phenoxy) is 2. The first-order valence-electron chi connectivity index (χ1n) is 7.15. The van der Waals surface area contributed by atoms with Gasteiger partial charge in [-0.25, -0.2) is 4.79 Å². The van der Waals surface area contributed by atoms with E-state index in [2.05, 4.69) is 5.32 Å². The molecular formula is C14H29NO4. The van der Waals surface area contributed by atoms with Crippen LogP contribution in [-0.2, 0) is 14.3 Å². The number of nitrogens with one attached hydrogen (secondary N) is 1. The van der Waals surface area contributed by atoms with Crippen LogP contribution in [0, 0.1) is 0 Å². The van der Waals surface area contributed by atoms with Gasteiger partial charge in [-0.2, -0.15) is 0 Å². The largest absolute Gasteiger partial charge is 0.446 e. The maximum atomic E-state index is 11.3. The maximum absolute atomic E-state index is 11.3. The number of hydrogen-bond donors (Lipinski definition) is 1. The number of Topliss-reactive ketones (excluding diaryl/α,β-unsaturated/α-hetero) is 1. The Hall–Kier alpha value is -1.10. The zero-order chi connectivity index (χ0) is 15.3. The van der Waals surface area contributed by atoms with Gasteiger partial charge in [0.1, 0.15) is 6.10 Å². The molecule has 1 amide bonds. The van der Waals surface area contributed by atoms with Crippen molar-refractivity contribution in [2.24, 2.45) is 0 Å². The second-order valence-corrected chi connectivity index (χ2v) is 3.69. The standard InChI is InChI=1S/C10H17NO4.2C2H6/c1-7(8(2)12)11-10(13)15-9-3-5-14-6-4-9;2*1-2/h7,9H,3-6H2,1-2H3,(H,11,13);2*1-2H3. The number of hydrogen-bond acceptors (Lipinski definition) is 4. The van der Waals surface area contributed by atoms with Crippen molar-refractivity contribution in [3.05, 3.63) is 0 Å². The Balaban J connectivity index is 0. The van der Waals surface area contributed by atoms with Crippen molar-refractivity contribution < 1.29 is 19.1 Å². The monoisotopic (exact) mass is 275 g/mol. The molecule has 1 aliphatic heterocycles. The van der Waals surface area contributed by atoms with Crippen LogP contribution in [0.1, 0.15) is 54.4 Å². The van der Waals surface area contributed by atoms with E-state index < -0.39 is 12.1 Å². The maximum Gasteiger partial charge on any atom is 0.407 e. The van der Waals surface area contributed by atoms with Crippen LogP contribution in [0.5, 0.6) is 0 Å². The molecule has 1 heterocycles. The van der Waals surface area contributed by atoms with Gasteiger partial charge in [0.05, 0.1) is 19.3 Å². The molecule has 5 heteroatoms. The van der Waals surface area contributed by atoms with E-state index in [1.165, 1.54) is 6.92 Å². The molecule has 1 N–H and O–H groups in total. The van der Waals surface area contributed by atoms with E-state index in [-0.39, 0.29) is 11.9 Å². The molecule has 19 heavy (non-hydrogen) atoms. The zero-order valence-electron chi connectivity index (χ0n) is 13.1. The molecule has 0 aromatic heterocycles. The Labute approximate surface area is 117 Å². The van der Waals surface area contributed by atoms with Crippen molar-refractivity contribution in [1.82, 2.24) is 5.32 Å². The molecule has 0 radical (unpaired) electrons. The highest BCUT2D eigenvalue weighted by atomic mass is 16.6. The highest BCUT2D eigenvalue weighted by Gasteiger charge is 2.19. The summed E-state index contributed by atoms with van der Waals surface area (Å²) in [5.74, 6) is -0.0843. The van der Waals surface area contributed by atoms with E-state index in [0.717, 1.165) is 12.8 Å². The average molecular weight is 275 g/mol. The molecule has 0 aromatic rings. The molecule has 1 atom stereocenters. The highest BCUT2D eigenvalue weighted by molar-refractivity contribution is 5.84. The summed E-state index contributed by atoms with van der Waals surface area (Å²) in [6, 6.07) is -0.489. The third-order valence-electron chi connectivity index (χ3n) is 2.39.